The van der Waals surface area contributed by atoms with Crippen LogP contribution >= 0.6 is 0 Å². The number of carbonyl (C=O) groups is 1. The predicted octanol–water partition coefficient (Wildman–Crippen LogP) is 3.86. The van der Waals surface area contributed by atoms with E-state index in [0.717, 1.165) is 17.5 Å². The van der Waals surface area contributed by atoms with Crippen molar-refractivity contribution < 1.29 is 17.6 Å². The van der Waals surface area contributed by atoms with E-state index < -0.39 is 15.8 Å². The predicted molar refractivity (Wildman–Crippen MR) is 119 cm³/mol. The summed E-state index contributed by atoms with van der Waals surface area (Å²) in [5.41, 5.74) is 2.27. The van der Waals surface area contributed by atoms with Crippen molar-refractivity contribution in [2.45, 2.75) is 32.7 Å². The van der Waals surface area contributed by atoms with Gasteiger partial charge in [-0.05, 0) is 35.4 Å². The van der Waals surface area contributed by atoms with Crippen molar-refractivity contribution in [1.29, 1.82) is 0 Å². The number of rotatable bonds is 7. The van der Waals surface area contributed by atoms with Gasteiger partial charge in [-0.3, -0.25) is 14.5 Å². The van der Waals surface area contributed by atoms with E-state index in [1.807, 2.05) is 12.1 Å². The second-order valence-corrected chi connectivity index (χ2v) is 9.65. The highest BCUT2D eigenvalue weighted by molar-refractivity contribution is 7.92. The van der Waals surface area contributed by atoms with E-state index in [-0.39, 0.29) is 29.1 Å². The molecule has 160 valence electrons. The van der Waals surface area contributed by atoms with Gasteiger partial charge >= 0.3 is 0 Å². The number of sulfonamides is 1. The third kappa shape index (κ3) is 6.81. The van der Waals surface area contributed by atoms with Crippen molar-refractivity contribution in [3.63, 3.8) is 0 Å². The second-order valence-electron chi connectivity index (χ2n) is 7.90. The lowest BCUT2D eigenvalue weighted by Gasteiger charge is -2.17. The topological polar surface area (TPSA) is 88.2 Å². The average molecular weight is 432 g/mol. The van der Waals surface area contributed by atoms with Crippen LogP contribution in [0, 0.1) is 5.82 Å². The van der Waals surface area contributed by atoms with Crippen molar-refractivity contribution in [3.05, 3.63) is 71.3 Å². The summed E-state index contributed by atoms with van der Waals surface area (Å²) in [7, 11) is -3.64. The van der Waals surface area contributed by atoms with Gasteiger partial charge in [0.05, 0.1) is 11.9 Å². The maximum absolute atomic E-state index is 14.3. The lowest BCUT2D eigenvalue weighted by molar-refractivity contribution is -0.116. The third-order valence-electron chi connectivity index (χ3n) is 4.14. The molecule has 1 heterocycles. The highest BCUT2D eigenvalue weighted by atomic mass is 32.2. The van der Waals surface area contributed by atoms with Gasteiger partial charge in [-0.15, -0.1) is 0 Å². The highest BCUT2D eigenvalue weighted by Gasteiger charge is 2.15. The Balaban J connectivity index is 2.04. The number of amides is 1. The largest absolute Gasteiger partial charge is 0.348 e. The minimum absolute atomic E-state index is 0.0500. The quantitative estimate of drug-likeness (QED) is 0.652. The van der Waals surface area contributed by atoms with Gasteiger partial charge in [-0.2, -0.15) is 0 Å². The Kier molecular flexibility index (Phi) is 7.15. The molecular weight excluding hydrogens is 405 g/mol. The summed E-state index contributed by atoms with van der Waals surface area (Å²) in [6.07, 6.45) is 6.99. The summed E-state index contributed by atoms with van der Waals surface area (Å²) in [5.74, 6) is -1.10. The molecule has 30 heavy (non-hydrogen) atoms. The normalized spacial score (nSPS) is 12.0. The van der Waals surface area contributed by atoms with Crippen LogP contribution in [0.15, 0.2) is 43.1 Å². The first-order valence-electron chi connectivity index (χ1n) is 9.24. The summed E-state index contributed by atoms with van der Waals surface area (Å²) < 4.78 is 39.3. The number of pyridine rings is 1. The number of aromatic nitrogens is 1. The van der Waals surface area contributed by atoms with Crippen LogP contribution in [0.4, 0.5) is 10.1 Å². The summed E-state index contributed by atoms with van der Waals surface area (Å²) in [5, 5.41) is 2.67. The molecule has 0 radical (unpaired) electrons. The van der Waals surface area contributed by atoms with Gasteiger partial charge < -0.3 is 5.32 Å². The molecule has 8 heteroatoms. The maximum atomic E-state index is 14.3. The zero-order chi connectivity index (χ0) is 22.5. The molecule has 1 amide bonds. The van der Waals surface area contributed by atoms with E-state index in [1.165, 1.54) is 18.2 Å². The number of hydrogen-bond donors (Lipinski definition) is 2. The van der Waals surface area contributed by atoms with E-state index >= 15 is 0 Å². The first kappa shape index (κ1) is 23.3. The van der Waals surface area contributed by atoms with Crippen LogP contribution in [0.25, 0.3) is 12.2 Å². The van der Waals surface area contributed by atoms with Crippen LogP contribution in [0.5, 0.6) is 0 Å². The minimum Gasteiger partial charge on any atom is -0.348 e. The molecule has 0 atom stereocenters. The van der Waals surface area contributed by atoms with Crippen molar-refractivity contribution in [2.75, 3.05) is 11.0 Å². The van der Waals surface area contributed by atoms with Crippen LogP contribution in [0.1, 0.15) is 43.2 Å². The molecule has 0 saturated carbocycles. The Morgan fingerprint density at radius 2 is 1.97 bits per heavy atom. The molecule has 0 saturated heterocycles. The fraction of sp³-hybridized carbons (Fsp3) is 0.273. The van der Waals surface area contributed by atoms with E-state index in [9.17, 15) is 17.6 Å². The molecular formula is C22H26FN3O3S. The molecule has 0 fully saturated rings. The van der Waals surface area contributed by atoms with E-state index in [1.54, 1.807) is 18.3 Å². The van der Waals surface area contributed by atoms with Crippen LogP contribution in [-0.2, 0) is 26.8 Å². The standard InChI is InChI=1S/C22H26FN3O3S/c1-6-17-11-16(12-18(23)21(17)26-30(5,28)29)14-25-20(27)10-8-15-7-9-19(24-13-15)22(2,3)4/h6-13,26H,1,14H2,2-5H3,(H,25,27)/b10-8+. The van der Waals surface area contributed by atoms with Crippen LogP contribution in [0.3, 0.4) is 0 Å². The van der Waals surface area contributed by atoms with Gasteiger partial charge in [0.15, 0.2) is 0 Å². The lowest BCUT2D eigenvalue weighted by Crippen LogP contribution is -2.20. The summed E-state index contributed by atoms with van der Waals surface area (Å²) in [6.45, 7) is 9.86. The molecule has 0 aliphatic heterocycles. The van der Waals surface area contributed by atoms with Gasteiger partial charge in [-0.1, -0.05) is 39.5 Å². The fourth-order valence-electron chi connectivity index (χ4n) is 2.61. The van der Waals surface area contributed by atoms with Gasteiger partial charge in [0.25, 0.3) is 0 Å². The average Bonchev–Trinajstić information content (AvgIpc) is 2.65. The van der Waals surface area contributed by atoms with E-state index in [4.69, 9.17) is 0 Å². The molecule has 2 N–H and O–H groups in total. The molecule has 1 aromatic carbocycles. The molecule has 0 aliphatic rings. The number of anilines is 1. The van der Waals surface area contributed by atoms with Crippen molar-refractivity contribution >= 4 is 33.8 Å². The van der Waals surface area contributed by atoms with Gasteiger partial charge in [0, 0.05) is 35.5 Å². The minimum atomic E-state index is -3.64. The smallest absolute Gasteiger partial charge is 0.244 e. The Bertz CT molecular complexity index is 1070. The number of nitrogens with zero attached hydrogens (tertiary/aromatic N) is 1. The molecule has 0 spiro atoms. The Morgan fingerprint density at radius 3 is 2.50 bits per heavy atom. The zero-order valence-corrected chi connectivity index (χ0v) is 18.3. The molecule has 1 aromatic heterocycles. The first-order chi connectivity index (χ1) is 13.9. The molecule has 6 nitrogen and oxygen atoms in total. The number of halogens is 1. The lowest BCUT2D eigenvalue weighted by atomic mass is 9.91. The van der Waals surface area contributed by atoms with Crippen molar-refractivity contribution in [3.8, 4) is 0 Å². The summed E-state index contributed by atoms with van der Waals surface area (Å²) in [6, 6.07) is 6.53. The molecule has 0 unspecified atom stereocenters. The summed E-state index contributed by atoms with van der Waals surface area (Å²) in [4.78, 5) is 16.5. The van der Waals surface area contributed by atoms with Gasteiger partial charge in [0.2, 0.25) is 15.9 Å². The summed E-state index contributed by atoms with van der Waals surface area (Å²) >= 11 is 0. The molecule has 0 bridgehead atoms. The second kappa shape index (κ2) is 9.21. The number of nitrogens with one attached hydrogen (secondary N) is 2. The number of benzene rings is 1. The van der Waals surface area contributed by atoms with E-state index in [0.29, 0.717) is 5.56 Å². The van der Waals surface area contributed by atoms with Crippen molar-refractivity contribution in [1.82, 2.24) is 10.3 Å². The van der Waals surface area contributed by atoms with Crippen LogP contribution in [-0.4, -0.2) is 25.6 Å². The Hall–Kier alpha value is -3.00. The van der Waals surface area contributed by atoms with Gasteiger partial charge in [0.1, 0.15) is 5.82 Å². The zero-order valence-electron chi connectivity index (χ0n) is 17.5. The molecule has 0 aliphatic carbocycles. The third-order valence-corrected chi connectivity index (χ3v) is 4.71. The van der Waals surface area contributed by atoms with Crippen molar-refractivity contribution in [2.24, 2.45) is 0 Å². The fourth-order valence-corrected chi connectivity index (χ4v) is 3.20. The Labute approximate surface area is 177 Å². The number of hydrogen-bond acceptors (Lipinski definition) is 4. The van der Waals surface area contributed by atoms with Crippen LogP contribution in [0.2, 0.25) is 0 Å². The molecule has 2 aromatic rings. The number of carbonyl (C=O) groups excluding carboxylic acids is 1. The first-order valence-corrected chi connectivity index (χ1v) is 11.1. The van der Waals surface area contributed by atoms with E-state index in [2.05, 4.69) is 42.4 Å². The van der Waals surface area contributed by atoms with Gasteiger partial charge in [-0.25, -0.2) is 12.8 Å². The SMILES string of the molecule is C=Cc1cc(CNC(=O)/C=C/c2ccc(C(C)(C)C)nc2)cc(F)c1NS(C)(=O)=O. The monoisotopic (exact) mass is 431 g/mol. The molecule has 2 rings (SSSR count). The van der Waals surface area contributed by atoms with Crippen LogP contribution < -0.4 is 10.0 Å². The Morgan fingerprint density at radius 1 is 1.27 bits per heavy atom. The maximum Gasteiger partial charge on any atom is 0.244 e. The highest BCUT2D eigenvalue weighted by Crippen LogP contribution is 2.24.